The Morgan fingerprint density at radius 3 is 1.64 bits per heavy atom. The Morgan fingerprint density at radius 1 is 0.864 bits per heavy atom. The minimum Gasteiger partial charge on any atom is -0.373 e. The van der Waals surface area contributed by atoms with E-state index in [9.17, 15) is 9.59 Å². The van der Waals surface area contributed by atoms with E-state index in [1.165, 1.54) is 0 Å². The average Bonchev–Trinajstić information content (AvgIpc) is 2.52. The molecule has 4 N–H and O–H groups in total. The van der Waals surface area contributed by atoms with Crippen molar-refractivity contribution < 1.29 is 9.59 Å². The molecular formula is C16H22N4O2. The monoisotopic (exact) mass is 302 g/mol. The second-order valence-electron chi connectivity index (χ2n) is 5.40. The minimum absolute atomic E-state index is 0.398. The molecule has 2 heterocycles. The fraction of sp³-hybridized carbons (Fsp3) is 0.375. The maximum Gasteiger partial charge on any atom is 0.250 e. The second-order valence-corrected chi connectivity index (χ2v) is 5.40. The Morgan fingerprint density at radius 2 is 1.27 bits per heavy atom. The highest BCUT2D eigenvalue weighted by atomic mass is 16.1. The molecule has 0 aromatic rings. The quantitative estimate of drug-likeness (QED) is 0.659. The molecule has 0 unspecified atom stereocenters. The number of nitrogens with two attached hydrogens (primary N) is 2. The third-order valence-electron chi connectivity index (χ3n) is 3.63. The highest BCUT2D eigenvalue weighted by Crippen LogP contribution is 2.10. The third-order valence-corrected chi connectivity index (χ3v) is 3.63. The predicted octanol–water partition coefficient (Wildman–Crippen LogP) is 0.249. The van der Waals surface area contributed by atoms with Crippen molar-refractivity contribution in [2.45, 2.75) is 12.8 Å². The Bertz CT molecular complexity index is 510. The summed E-state index contributed by atoms with van der Waals surface area (Å²) in [6.45, 7) is 3.35. The van der Waals surface area contributed by atoms with Crippen molar-refractivity contribution in [2.24, 2.45) is 11.5 Å². The van der Waals surface area contributed by atoms with Crippen molar-refractivity contribution in [1.29, 1.82) is 0 Å². The number of hydrogen-bond acceptors (Lipinski definition) is 4. The van der Waals surface area contributed by atoms with Gasteiger partial charge in [-0.2, -0.15) is 0 Å². The first-order valence-corrected chi connectivity index (χ1v) is 7.40. The van der Waals surface area contributed by atoms with E-state index in [1.807, 2.05) is 24.6 Å². The zero-order chi connectivity index (χ0) is 15.9. The molecule has 0 spiro atoms. The number of unbranched alkanes of at least 4 members (excludes halogenated alkanes) is 1. The molecule has 0 radical (unpaired) electrons. The van der Waals surface area contributed by atoms with Crippen LogP contribution in [0.4, 0.5) is 0 Å². The van der Waals surface area contributed by atoms with Crippen LogP contribution in [0.1, 0.15) is 12.8 Å². The fourth-order valence-corrected chi connectivity index (χ4v) is 2.45. The van der Waals surface area contributed by atoms with Crippen molar-refractivity contribution in [3.8, 4) is 0 Å². The van der Waals surface area contributed by atoms with Crippen LogP contribution in [0.2, 0.25) is 0 Å². The Hall–Kier alpha value is -2.50. The van der Waals surface area contributed by atoms with Gasteiger partial charge in [0, 0.05) is 38.6 Å². The molecular weight excluding hydrogens is 280 g/mol. The number of rotatable bonds is 7. The molecule has 2 aliphatic rings. The van der Waals surface area contributed by atoms with Gasteiger partial charge in [0.05, 0.1) is 11.1 Å². The number of carbonyl (C=O) groups excluding carboxylic acids is 2. The van der Waals surface area contributed by atoms with Crippen LogP contribution in [0.5, 0.6) is 0 Å². The van der Waals surface area contributed by atoms with Gasteiger partial charge in [0.2, 0.25) is 11.8 Å². The van der Waals surface area contributed by atoms with Gasteiger partial charge < -0.3 is 21.3 Å². The standard InChI is InChI=1S/C16H22N4O2/c17-15(21)13-5-3-9-19(11-13)7-1-2-8-20-10-4-6-14(12-20)16(18)22/h3-6,11-12H,1-2,7-10H2,(H2,17,21)(H2,18,22). The van der Waals surface area contributed by atoms with Crippen LogP contribution < -0.4 is 11.5 Å². The van der Waals surface area contributed by atoms with Crippen LogP contribution in [0.3, 0.4) is 0 Å². The van der Waals surface area contributed by atoms with Gasteiger partial charge >= 0.3 is 0 Å². The van der Waals surface area contributed by atoms with Crippen LogP contribution in [0.25, 0.3) is 0 Å². The SMILES string of the molecule is NC(=O)C1=CN(CCCCN2C=C(C(N)=O)C=CC2)CC=C1. The molecule has 0 atom stereocenters. The smallest absolute Gasteiger partial charge is 0.250 e. The van der Waals surface area contributed by atoms with Gasteiger partial charge in [0.1, 0.15) is 0 Å². The Balaban J connectivity index is 1.72. The maximum absolute atomic E-state index is 11.1. The van der Waals surface area contributed by atoms with Crippen LogP contribution >= 0.6 is 0 Å². The molecule has 118 valence electrons. The first-order chi connectivity index (χ1) is 10.6. The van der Waals surface area contributed by atoms with Gasteiger partial charge in [-0.05, 0) is 12.8 Å². The zero-order valence-electron chi connectivity index (χ0n) is 12.6. The normalized spacial score (nSPS) is 17.3. The number of hydrogen-bond donors (Lipinski definition) is 2. The summed E-state index contributed by atoms with van der Waals surface area (Å²) in [5.74, 6) is -0.796. The average molecular weight is 302 g/mol. The van der Waals surface area contributed by atoms with Gasteiger partial charge in [-0.25, -0.2) is 0 Å². The minimum atomic E-state index is -0.398. The molecule has 0 saturated carbocycles. The topological polar surface area (TPSA) is 92.7 Å². The van der Waals surface area contributed by atoms with E-state index in [2.05, 4.69) is 9.80 Å². The van der Waals surface area contributed by atoms with E-state index in [-0.39, 0.29) is 0 Å². The summed E-state index contributed by atoms with van der Waals surface area (Å²) in [7, 11) is 0. The lowest BCUT2D eigenvalue weighted by Crippen LogP contribution is -2.27. The molecule has 0 aromatic carbocycles. The third kappa shape index (κ3) is 4.51. The van der Waals surface area contributed by atoms with Gasteiger partial charge in [-0.1, -0.05) is 24.3 Å². The number of amides is 2. The van der Waals surface area contributed by atoms with Gasteiger partial charge in [0.25, 0.3) is 0 Å². The molecule has 0 aliphatic carbocycles. The first-order valence-electron chi connectivity index (χ1n) is 7.40. The summed E-state index contributed by atoms with van der Waals surface area (Å²) in [5.41, 5.74) is 11.6. The molecule has 0 aromatic heterocycles. The van der Waals surface area contributed by atoms with Crippen molar-refractivity contribution in [3.05, 3.63) is 47.9 Å². The number of carbonyl (C=O) groups is 2. The lowest BCUT2D eigenvalue weighted by molar-refractivity contribution is -0.115. The summed E-state index contributed by atoms with van der Waals surface area (Å²) in [6.07, 6.45) is 13.0. The summed E-state index contributed by atoms with van der Waals surface area (Å²) in [6, 6.07) is 0. The van der Waals surface area contributed by atoms with Crippen LogP contribution in [0.15, 0.2) is 47.9 Å². The summed E-state index contributed by atoms with van der Waals surface area (Å²) in [4.78, 5) is 26.5. The van der Waals surface area contributed by atoms with Crippen LogP contribution in [-0.2, 0) is 9.59 Å². The number of primary amides is 2. The largest absolute Gasteiger partial charge is 0.373 e. The van der Waals surface area contributed by atoms with E-state index in [4.69, 9.17) is 11.5 Å². The van der Waals surface area contributed by atoms with E-state index in [0.29, 0.717) is 11.1 Å². The highest BCUT2D eigenvalue weighted by Gasteiger charge is 2.11. The van der Waals surface area contributed by atoms with Gasteiger partial charge in [-0.15, -0.1) is 0 Å². The molecule has 2 rings (SSSR count). The van der Waals surface area contributed by atoms with Crippen LogP contribution in [-0.4, -0.2) is 47.8 Å². The van der Waals surface area contributed by atoms with Gasteiger partial charge in [0.15, 0.2) is 0 Å². The lowest BCUT2D eigenvalue weighted by atomic mass is 10.1. The van der Waals surface area contributed by atoms with Crippen molar-refractivity contribution in [1.82, 2.24) is 9.80 Å². The molecule has 6 heteroatoms. The second kappa shape index (κ2) is 7.49. The van der Waals surface area contributed by atoms with E-state index >= 15 is 0 Å². The van der Waals surface area contributed by atoms with Crippen molar-refractivity contribution in [3.63, 3.8) is 0 Å². The zero-order valence-corrected chi connectivity index (χ0v) is 12.6. The van der Waals surface area contributed by atoms with E-state index in [0.717, 1.165) is 39.0 Å². The summed E-state index contributed by atoms with van der Waals surface area (Å²) in [5, 5.41) is 0. The van der Waals surface area contributed by atoms with E-state index in [1.54, 1.807) is 12.2 Å². The number of nitrogens with zero attached hydrogens (tertiary/aromatic N) is 2. The molecule has 0 saturated heterocycles. The summed E-state index contributed by atoms with van der Waals surface area (Å²) < 4.78 is 0. The maximum atomic E-state index is 11.1. The van der Waals surface area contributed by atoms with Gasteiger partial charge in [-0.3, -0.25) is 9.59 Å². The predicted molar refractivity (Wildman–Crippen MR) is 85.2 cm³/mol. The Kier molecular flexibility index (Phi) is 5.41. The molecule has 0 bridgehead atoms. The Labute approximate surface area is 130 Å². The van der Waals surface area contributed by atoms with Crippen molar-refractivity contribution in [2.75, 3.05) is 26.2 Å². The molecule has 2 aliphatic heterocycles. The van der Waals surface area contributed by atoms with Crippen molar-refractivity contribution >= 4 is 11.8 Å². The molecule has 6 nitrogen and oxygen atoms in total. The van der Waals surface area contributed by atoms with E-state index < -0.39 is 11.8 Å². The molecule has 0 fully saturated rings. The lowest BCUT2D eigenvalue weighted by Gasteiger charge is -2.24. The summed E-state index contributed by atoms with van der Waals surface area (Å²) >= 11 is 0. The molecule has 22 heavy (non-hydrogen) atoms. The highest BCUT2D eigenvalue weighted by molar-refractivity contribution is 5.95. The molecule has 2 amide bonds. The fourth-order valence-electron chi connectivity index (χ4n) is 2.45. The van der Waals surface area contributed by atoms with Crippen LogP contribution in [0, 0.1) is 0 Å². The first kappa shape index (κ1) is 15.9.